The van der Waals surface area contributed by atoms with E-state index in [1.165, 1.54) is 0 Å². The fourth-order valence-corrected chi connectivity index (χ4v) is 1.59. The Morgan fingerprint density at radius 3 is 2.40 bits per heavy atom. The van der Waals surface area contributed by atoms with Crippen molar-refractivity contribution < 1.29 is 5.11 Å². The van der Waals surface area contributed by atoms with E-state index in [1.54, 1.807) is 6.07 Å². The average molecular weight is 202 g/mol. The van der Waals surface area contributed by atoms with Gasteiger partial charge in [-0.1, -0.05) is 0 Å². The van der Waals surface area contributed by atoms with Crippen LogP contribution in [0.5, 0.6) is 5.75 Å². The van der Waals surface area contributed by atoms with E-state index in [1.807, 2.05) is 43.8 Å². The molecule has 0 unspecified atom stereocenters. The number of aryl methyl sites for hydroxylation is 1. The predicted molar refractivity (Wildman–Crippen MR) is 59.4 cm³/mol. The van der Waals surface area contributed by atoms with E-state index in [9.17, 15) is 5.11 Å². The van der Waals surface area contributed by atoms with Crippen molar-refractivity contribution in [3.63, 3.8) is 0 Å². The van der Waals surface area contributed by atoms with Crippen LogP contribution in [0.2, 0.25) is 0 Å². The molecule has 0 atom stereocenters. The van der Waals surface area contributed by atoms with Crippen molar-refractivity contribution in [1.82, 2.24) is 9.78 Å². The van der Waals surface area contributed by atoms with E-state index >= 15 is 0 Å². The SMILES string of the molecule is Cc1ccn(-c2ccc(O)c(C)c2C)n1. The Bertz CT molecular complexity index is 500. The summed E-state index contributed by atoms with van der Waals surface area (Å²) in [6, 6.07) is 5.54. The smallest absolute Gasteiger partial charge is 0.118 e. The molecule has 15 heavy (non-hydrogen) atoms. The summed E-state index contributed by atoms with van der Waals surface area (Å²) in [6.45, 7) is 5.85. The van der Waals surface area contributed by atoms with Crippen LogP contribution in [-0.2, 0) is 0 Å². The molecule has 1 aromatic heterocycles. The molecule has 0 aliphatic carbocycles. The number of aromatic nitrogens is 2. The highest BCUT2D eigenvalue weighted by molar-refractivity contribution is 5.50. The van der Waals surface area contributed by atoms with E-state index in [0.717, 1.165) is 22.5 Å². The predicted octanol–water partition coefficient (Wildman–Crippen LogP) is 2.50. The number of phenols is 1. The summed E-state index contributed by atoms with van der Waals surface area (Å²) in [5.74, 6) is 0.333. The van der Waals surface area contributed by atoms with Crippen molar-refractivity contribution in [3.8, 4) is 11.4 Å². The van der Waals surface area contributed by atoms with Gasteiger partial charge in [-0.3, -0.25) is 0 Å². The Balaban J connectivity index is 2.59. The zero-order chi connectivity index (χ0) is 11.0. The molecule has 0 fully saturated rings. The molecule has 2 rings (SSSR count). The van der Waals surface area contributed by atoms with Crippen LogP contribution in [-0.4, -0.2) is 14.9 Å². The third-order valence-corrected chi connectivity index (χ3v) is 2.70. The maximum atomic E-state index is 9.55. The van der Waals surface area contributed by atoms with E-state index in [0.29, 0.717) is 5.75 Å². The lowest BCUT2D eigenvalue weighted by atomic mass is 10.1. The van der Waals surface area contributed by atoms with Gasteiger partial charge in [0, 0.05) is 6.20 Å². The Morgan fingerprint density at radius 2 is 1.80 bits per heavy atom. The molecule has 0 spiro atoms. The normalized spacial score (nSPS) is 10.6. The Hall–Kier alpha value is -1.77. The quantitative estimate of drug-likeness (QED) is 0.771. The first-order valence-electron chi connectivity index (χ1n) is 4.91. The van der Waals surface area contributed by atoms with Gasteiger partial charge in [0.25, 0.3) is 0 Å². The zero-order valence-electron chi connectivity index (χ0n) is 9.15. The van der Waals surface area contributed by atoms with Gasteiger partial charge in [-0.25, -0.2) is 4.68 Å². The molecule has 1 aromatic carbocycles. The van der Waals surface area contributed by atoms with Crippen LogP contribution in [0.4, 0.5) is 0 Å². The lowest BCUT2D eigenvalue weighted by molar-refractivity contribution is 0.470. The van der Waals surface area contributed by atoms with Crippen LogP contribution >= 0.6 is 0 Å². The van der Waals surface area contributed by atoms with E-state index in [2.05, 4.69) is 5.10 Å². The van der Waals surface area contributed by atoms with Gasteiger partial charge in [-0.05, 0) is 50.1 Å². The largest absolute Gasteiger partial charge is 0.508 e. The molecule has 0 aliphatic rings. The highest BCUT2D eigenvalue weighted by atomic mass is 16.3. The van der Waals surface area contributed by atoms with Crippen molar-refractivity contribution in [2.24, 2.45) is 0 Å². The van der Waals surface area contributed by atoms with Crippen LogP contribution in [0.25, 0.3) is 5.69 Å². The van der Waals surface area contributed by atoms with Crippen LogP contribution in [0.1, 0.15) is 16.8 Å². The molecule has 3 heteroatoms. The molecule has 78 valence electrons. The molecule has 0 saturated carbocycles. The van der Waals surface area contributed by atoms with Gasteiger partial charge >= 0.3 is 0 Å². The molecule has 3 nitrogen and oxygen atoms in total. The second-order valence-corrected chi connectivity index (χ2v) is 3.76. The van der Waals surface area contributed by atoms with Crippen LogP contribution in [0, 0.1) is 20.8 Å². The first kappa shape index (κ1) is 9.77. The minimum atomic E-state index is 0.333. The molecule has 0 amide bonds. The highest BCUT2D eigenvalue weighted by Gasteiger charge is 2.07. The highest BCUT2D eigenvalue weighted by Crippen LogP contribution is 2.24. The first-order valence-corrected chi connectivity index (χ1v) is 4.91. The van der Waals surface area contributed by atoms with E-state index in [-0.39, 0.29) is 0 Å². The van der Waals surface area contributed by atoms with E-state index < -0.39 is 0 Å². The lowest BCUT2D eigenvalue weighted by Gasteiger charge is -2.09. The summed E-state index contributed by atoms with van der Waals surface area (Å²) >= 11 is 0. The Morgan fingerprint density at radius 1 is 1.07 bits per heavy atom. The molecule has 0 radical (unpaired) electrons. The number of hydrogen-bond acceptors (Lipinski definition) is 2. The van der Waals surface area contributed by atoms with Crippen molar-refractivity contribution in [3.05, 3.63) is 41.2 Å². The van der Waals surface area contributed by atoms with Gasteiger partial charge in [-0.2, -0.15) is 5.10 Å². The molecule has 2 aromatic rings. The van der Waals surface area contributed by atoms with Crippen molar-refractivity contribution in [1.29, 1.82) is 0 Å². The summed E-state index contributed by atoms with van der Waals surface area (Å²) < 4.78 is 1.83. The van der Waals surface area contributed by atoms with Crippen LogP contribution in [0.15, 0.2) is 24.4 Å². The molecule has 0 saturated heterocycles. The van der Waals surface area contributed by atoms with Gasteiger partial charge in [-0.15, -0.1) is 0 Å². The van der Waals surface area contributed by atoms with Gasteiger partial charge in [0.15, 0.2) is 0 Å². The summed E-state index contributed by atoms with van der Waals surface area (Å²) in [7, 11) is 0. The number of benzene rings is 1. The number of aromatic hydroxyl groups is 1. The first-order chi connectivity index (χ1) is 7.09. The summed E-state index contributed by atoms with van der Waals surface area (Å²) in [6.07, 6.45) is 1.92. The monoisotopic (exact) mass is 202 g/mol. The molecular weight excluding hydrogens is 188 g/mol. The standard InChI is InChI=1S/C12H14N2O/c1-8-6-7-14(13-8)11-4-5-12(15)10(3)9(11)2/h4-7,15H,1-3H3. The minimum absolute atomic E-state index is 0.333. The number of phenolic OH excluding ortho intramolecular Hbond substituents is 1. The van der Waals surface area contributed by atoms with Gasteiger partial charge in [0.1, 0.15) is 5.75 Å². The third kappa shape index (κ3) is 1.61. The molecule has 0 bridgehead atoms. The second kappa shape index (κ2) is 3.42. The van der Waals surface area contributed by atoms with Gasteiger partial charge in [0.2, 0.25) is 0 Å². The van der Waals surface area contributed by atoms with Crippen molar-refractivity contribution in [2.45, 2.75) is 20.8 Å². The van der Waals surface area contributed by atoms with Crippen LogP contribution in [0.3, 0.4) is 0 Å². The molecular formula is C12H14N2O. The number of nitrogens with zero attached hydrogens (tertiary/aromatic N) is 2. The Kier molecular flexibility index (Phi) is 2.23. The third-order valence-electron chi connectivity index (χ3n) is 2.70. The molecule has 0 aliphatic heterocycles. The maximum Gasteiger partial charge on any atom is 0.118 e. The van der Waals surface area contributed by atoms with Crippen molar-refractivity contribution >= 4 is 0 Å². The van der Waals surface area contributed by atoms with Gasteiger partial charge < -0.3 is 5.11 Å². The summed E-state index contributed by atoms with van der Waals surface area (Å²) in [4.78, 5) is 0. The van der Waals surface area contributed by atoms with Crippen molar-refractivity contribution in [2.75, 3.05) is 0 Å². The summed E-state index contributed by atoms with van der Waals surface area (Å²) in [5, 5.41) is 13.9. The lowest BCUT2D eigenvalue weighted by Crippen LogP contribution is -1.99. The molecule has 1 heterocycles. The number of hydrogen-bond donors (Lipinski definition) is 1. The second-order valence-electron chi connectivity index (χ2n) is 3.76. The topological polar surface area (TPSA) is 38.0 Å². The van der Waals surface area contributed by atoms with Crippen LogP contribution < -0.4 is 0 Å². The van der Waals surface area contributed by atoms with Gasteiger partial charge in [0.05, 0.1) is 11.4 Å². The molecule has 1 N–H and O–H groups in total. The zero-order valence-corrected chi connectivity index (χ0v) is 9.15. The number of rotatable bonds is 1. The summed E-state index contributed by atoms with van der Waals surface area (Å²) in [5.41, 5.74) is 3.96. The maximum absolute atomic E-state index is 9.55. The van der Waals surface area contributed by atoms with E-state index in [4.69, 9.17) is 0 Å². The fourth-order valence-electron chi connectivity index (χ4n) is 1.59. The average Bonchev–Trinajstić information content (AvgIpc) is 2.61. The minimum Gasteiger partial charge on any atom is -0.508 e. The Labute approximate surface area is 89.0 Å². The fraction of sp³-hybridized carbons (Fsp3) is 0.250.